The van der Waals surface area contributed by atoms with Crippen LogP contribution in [0.1, 0.15) is 34.1 Å². The first-order chi connectivity index (χ1) is 8.31. The molecular weight excluding hydrogens is 229 g/mol. The molecule has 1 aliphatic rings. The quantitative estimate of drug-likeness (QED) is 0.749. The normalized spacial score (nSPS) is 21.7. The van der Waals surface area contributed by atoms with E-state index >= 15 is 0 Å². The van der Waals surface area contributed by atoms with E-state index in [1.165, 1.54) is 0 Å². The lowest BCUT2D eigenvalue weighted by Crippen LogP contribution is -2.56. The average Bonchev–Trinajstić information content (AvgIpc) is 2.25. The predicted molar refractivity (Wildman–Crippen MR) is 71.1 cm³/mol. The first-order valence-corrected chi connectivity index (χ1v) is 6.16. The van der Waals surface area contributed by atoms with Crippen molar-refractivity contribution >= 4 is 12.6 Å². The summed E-state index contributed by atoms with van der Waals surface area (Å²) in [6.45, 7) is 8.32. The van der Waals surface area contributed by atoms with Crippen LogP contribution < -0.4 is 10.2 Å². The van der Waals surface area contributed by atoms with Gasteiger partial charge in [0, 0.05) is 18.1 Å². The second-order valence-electron chi connectivity index (χ2n) is 5.92. The molecule has 0 saturated carbocycles. The van der Waals surface area contributed by atoms with E-state index in [0.717, 1.165) is 11.9 Å². The molecule has 1 fully saturated rings. The molecule has 0 amide bonds. The Morgan fingerprint density at radius 2 is 1.78 bits per heavy atom. The summed E-state index contributed by atoms with van der Waals surface area (Å²) >= 11 is 0. The van der Waals surface area contributed by atoms with Crippen molar-refractivity contribution in [3.63, 3.8) is 0 Å². The minimum Gasteiger partial charge on any atom is -0.495 e. The largest absolute Gasteiger partial charge is 0.496 e. The third-order valence-electron chi connectivity index (χ3n) is 2.95. The van der Waals surface area contributed by atoms with Crippen LogP contribution in [0, 0.1) is 0 Å². The Morgan fingerprint density at radius 1 is 1.17 bits per heavy atom. The zero-order chi connectivity index (χ0) is 13.4. The predicted octanol–water partition coefficient (Wildman–Crippen LogP) is 1.78. The summed E-state index contributed by atoms with van der Waals surface area (Å²) in [6.07, 6.45) is 4.28. The van der Waals surface area contributed by atoms with E-state index < -0.39 is 7.12 Å². The van der Waals surface area contributed by atoms with Gasteiger partial charge >= 0.3 is 7.12 Å². The molecular formula is C13H20BNO3. The van der Waals surface area contributed by atoms with Crippen molar-refractivity contribution in [3.05, 3.63) is 18.5 Å². The number of nitrogens with zero attached hydrogens (tertiary/aromatic N) is 1. The van der Waals surface area contributed by atoms with E-state index in [1.54, 1.807) is 19.5 Å². The van der Waals surface area contributed by atoms with Gasteiger partial charge in [0.25, 0.3) is 0 Å². The Kier molecular flexibility index (Phi) is 3.38. The van der Waals surface area contributed by atoms with E-state index in [1.807, 2.05) is 6.07 Å². The zero-order valence-corrected chi connectivity index (χ0v) is 11.7. The molecule has 0 bridgehead atoms. The van der Waals surface area contributed by atoms with Crippen molar-refractivity contribution < 1.29 is 14.0 Å². The van der Waals surface area contributed by atoms with Gasteiger partial charge in [-0.25, -0.2) is 0 Å². The van der Waals surface area contributed by atoms with Crippen LogP contribution in [0.25, 0.3) is 0 Å². The van der Waals surface area contributed by atoms with Crippen LogP contribution in [0.5, 0.6) is 5.75 Å². The fraction of sp³-hybridized carbons (Fsp3) is 0.615. The molecule has 0 aliphatic carbocycles. The molecule has 98 valence electrons. The Labute approximate surface area is 109 Å². The molecule has 0 N–H and O–H groups in total. The van der Waals surface area contributed by atoms with Crippen LogP contribution >= 0.6 is 0 Å². The van der Waals surface area contributed by atoms with Crippen molar-refractivity contribution in [1.82, 2.24) is 4.98 Å². The fourth-order valence-electron chi connectivity index (χ4n) is 2.52. The Bertz CT molecular complexity index is 418. The summed E-state index contributed by atoms with van der Waals surface area (Å²) in [5.74, 6) is 0.709. The number of aromatic nitrogens is 1. The Balaban J connectivity index is 2.26. The van der Waals surface area contributed by atoms with Crippen molar-refractivity contribution in [2.24, 2.45) is 0 Å². The summed E-state index contributed by atoms with van der Waals surface area (Å²) < 4.78 is 17.1. The second-order valence-corrected chi connectivity index (χ2v) is 5.92. The minimum absolute atomic E-state index is 0.213. The standard InChI is InChI=1S/C13H20BNO3/c1-12(2)9-13(3,4)18-14(17-12)10-6-11(16-5)8-15-7-10/h6-8H,9H2,1-5H3. The van der Waals surface area contributed by atoms with Gasteiger partial charge in [0.1, 0.15) is 5.75 Å². The third kappa shape index (κ3) is 3.03. The highest BCUT2D eigenvalue weighted by atomic mass is 16.6. The molecule has 2 rings (SSSR count). The molecule has 5 heteroatoms. The van der Waals surface area contributed by atoms with Gasteiger partial charge in [-0.1, -0.05) is 0 Å². The molecule has 1 aromatic heterocycles. The van der Waals surface area contributed by atoms with Gasteiger partial charge in [0.15, 0.2) is 0 Å². The van der Waals surface area contributed by atoms with Gasteiger partial charge in [0.05, 0.1) is 24.5 Å². The summed E-state index contributed by atoms with van der Waals surface area (Å²) in [6, 6.07) is 1.90. The highest BCUT2D eigenvalue weighted by molar-refractivity contribution is 6.61. The fourth-order valence-corrected chi connectivity index (χ4v) is 2.52. The molecule has 18 heavy (non-hydrogen) atoms. The highest BCUT2D eigenvalue weighted by Crippen LogP contribution is 2.32. The lowest BCUT2D eigenvalue weighted by Gasteiger charge is -2.44. The van der Waals surface area contributed by atoms with Crippen LogP contribution in [0.4, 0.5) is 0 Å². The van der Waals surface area contributed by atoms with Crippen LogP contribution in [0.2, 0.25) is 0 Å². The maximum absolute atomic E-state index is 5.98. The molecule has 0 radical (unpaired) electrons. The van der Waals surface area contributed by atoms with E-state index in [-0.39, 0.29) is 11.2 Å². The van der Waals surface area contributed by atoms with Gasteiger partial charge in [-0.15, -0.1) is 0 Å². The molecule has 1 aliphatic heterocycles. The molecule has 1 saturated heterocycles. The first-order valence-electron chi connectivity index (χ1n) is 6.16. The molecule has 0 atom stereocenters. The van der Waals surface area contributed by atoms with E-state index in [9.17, 15) is 0 Å². The Hall–Kier alpha value is -1.07. The average molecular weight is 249 g/mol. The second kappa shape index (κ2) is 4.55. The molecule has 1 aromatic rings. The highest BCUT2D eigenvalue weighted by Gasteiger charge is 2.43. The first kappa shape index (κ1) is 13.4. The van der Waals surface area contributed by atoms with E-state index in [0.29, 0.717) is 5.75 Å². The smallest absolute Gasteiger partial charge is 0.495 e. The van der Waals surface area contributed by atoms with Crippen LogP contribution in [0.15, 0.2) is 18.5 Å². The number of rotatable bonds is 2. The van der Waals surface area contributed by atoms with Gasteiger partial charge < -0.3 is 14.0 Å². The monoisotopic (exact) mass is 249 g/mol. The van der Waals surface area contributed by atoms with Gasteiger partial charge in [0.2, 0.25) is 0 Å². The maximum atomic E-state index is 5.98. The van der Waals surface area contributed by atoms with Crippen LogP contribution in [-0.4, -0.2) is 30.4 Å². The molecule has 2 heterocycles. The molecule has 4 nitrogen and oxygen atoms in total. The van der Waals surface area contributed by atoms with Crippen molar-refractivity contribution in [2.45, 2.75) is 45.3 Å². The number of pyridine rings is 1. The summed E-state index contributed by atoms with van der Waals surface area (Å²) in [5, 5.41) is 0. The third-order valence-corrected chi connectivity index (χ3v) is 2.95. The minimum atomic E-state index is -0.397. The Morgan fingerprint density at radius 3 is 2.33 bits per heavy atom. The summed E-state index contributed by atoms with van der Waals surface area (Å²) in [5.41, 5.74) is 0.459. The molecule has 0 spiro atoms. The zero-order valence-electron chi connectivity index (χ0n) is 11.7. The lowest BCUT2D eigenvalue weighted by molar-refractivity contribution is -0.0716. The number of hydrogen-bond acceptors (Lipinski definition) is 4. The molecule has 0 aromatic carbocycles. The van der Waals surface area contributed by atoms with Gasteiger partial charge in [-0.2, -0.15) is 0 Å². The van der Waals surface area contributed by atoms with E-state index in [2.05, 4.69) is 32.7 Å². The SMILES string of the molecule is COc1cncc(B2OC(C)(C)CC(C)(C)O2)c1. The van der Waals surface area contributed by atoms with Gasteiger partial charge in [-0.3, -0.25) is 4.98 Å². The van der Waals surface area contributed by atoms with Crippen molar-refractivity contribution in [2.75, 3.05) is 7.11 Å². The van der Waals surface area contributed by atoms with Crippen LogP contribution in [0.3, 0.4) is 0 Å². The number of ether oxygens (including phenoxy) is 1. The van der Waals surface area contributed by atoms with Crippen molar-refractivity contribution in [1.29, 1.82) is 0 Å². The number of methoxy groups -OCH3 is 1. The van der Waals surface area contributed by atoms with Crippen molar-refractivity contribution in [3.8, 4) is 5.75 Å². The number of hydrogen-bond donors (Lipinski definition) is 0. The van der Waals surface area contributed by atoms with E-state index in [4.69, 9.17) is 14.0 Å². The lowest BCUT2D eigenvalue weighted by atomic mass is 9.73. The summed E-state index contributed by atoms with van der Waals surface area (Å²) in [4.78, 5) is 4.14. The molecule has 0 unspecified atom stereocenters. The topological polar surface area (TPSA) is 40.6 Å². The van der Waals surface area contributed by atoms with Gasteiger partial charge in [-0.05, 0) is 33.8 Å². The van der Waals surface area contributed by atoms with Crippen LogP contribution in [-0.2, 0) is 9.31 Å². The summed E-state index contributed by atoms with van der Waals surface area (Å²) in [7, 11) is 1.23. The maximum Gasteiger partial charge on any atom is 0.496 e.